The first-order valence-electron chi connectivity index (χ1n) is 9.98. The van der Waals surface area contributed by atoms with Crippen molar-refractivity contribution in [2.45, 2.75) is 12.8 Å². The minimum absolute atomic E-state index is 0.00173. The maximum Gasteiger partial charge on any atom is 0.246 e. The predicted molar refractivity (Wildman–Crippen MR) is 116 cm³/mol. The molecule has 0 atom stereocenters. The van der Waals surface area contributed by atoms with Gasteiger partial charge in [-0.25, -0.2) is 0 Å². The maximum absolute atomic E-state index is 12.7. The van der Waals surface area contributed by atoms with Gasteiger partial charge >= 0.3 is 0 Å². The van der Waals surface area contributed by atoms with E-state index in [2.05, 4.69) is 11.4 Å². The maximum atomic E-state index is 12.7. The van der Waals surface area contributed by atoms with Gasteiger partial charge in [-0.3, -0.25) is 9.59 Å². The van der Waals surface area contributed by atoms with Gasteiger partial charge in [-0.2, -0.15) is 0 Å². The van der Waals surface area contributed by atoms with Crippen molar-refractivity contribution >= 4 is 34.5 Å². The second-order valence-corrected chi connectivity index (χ2v) is 7.53. The van der Waals surface area contributed by atoms with Crippen LogP contribution in [-0.2, 0) is 16.6 Å². The van der Waals surface area contributed by atoms with E-state index in [1.807, 2.05) is 77.3 Å². The van der Waals surface area contributed by atoms with Crippen molar-refractivity contribution in [3.63, 3.8) is 0 Å². The molecule has 0 radical (unpaired) electrons. The number of rotatable bonds is 4. The van der Waals surface area contributed by atoms with Crippen LogP contribution in [0.5, 0.6) is 0 Å². The monoisotopic (exact) mass is 387 g/mol. The molecule has 0 saturated carbocycles. The molecule has 1 saturated heterocycles. The summed E-state index contributed by atoms with van der Waals surface area (Å²) in [6.45, 7) is 1.21. The van der Waals surface area contributed by atoms with Gasteiger partial charge in [0.2, 0.25) is 11.8 Å². The number of nitrogens with zero attached hydrogens (tertiary/aromatic N) is 2. The largest absolute Gasteiger partial charge is 0.350 e. The molecule has 1 N–H and O–H groups in total. The molecule has 0 unspecified atom stereocenters. The quantitative estimate of drug-likeness (QED) is 0.686. The third-order valence-corrected chi connectivity index (χ3v) is 5.55. The molecule has 1 fully saturated rings. The van der Waals surface area contributed by atoms with E-state index < -0.39 is 0 Å². The fraction of sp³-hybridized carbons (Fsp3) is 0.250. The first kappa shape index (κ1) is 19.0. The number of carbonyl (C=O) groups is 2. The van der Waals surface area contributed by atoms with Crippen LogP contribution in [0.15, 0.2) is 66.9 Å². The molecule has 4 rings (SSSR count). The van der Waals surface area contributed by atoms with Gasteiger partial charge in [-0.15, -0.1) is 0 Å². The van der Waals surface area contributed by atoms with Crippen molar-refractivity contribution in [2.75, 3.05) is 18.4 Å². The number of anilines is 1. The Kier molecular flexibility index (Phi) is 5.47. The molecule has 2 aromatic carbocycles. The van der Waals surface area contributed by atoms with E-state index in [0.29, 0.717) is 25.9 Å². The van der Waals surface area contributed by atoms with Crippen LogP contribution >= 0.6 is 0 Å². The number of aromatic nitrogens is 1. The van der Waals surface area contributed by atoms with Crippen molar-refractivity contribution in [3.8, 4) is 0 Å². The van der Waals surface area contributed by atoms with Crippen molar-refractivity contribution < 1.29 is 9.59 Å². The summed E-state index contributed by atoms with van der Waals surface area (Å²) in [4.78, 5) is 26.9. The van der Waals surface area contributed by atoms with Gasteiger partial charge in [0, 0.05) is 49.5 Å². The predicted octanol–water partition coefficient (Wildman–Crippen LogP) is 4.07. The molecule has 0 aliphatic carbocycles. The van der Waals surface area contributed by atoms with Crippen LogP contribution in [0.4, 0.5) is 5.69 Å². The first-order chi connectivity index (χ1) is 14.1. The SMILES string of the molecule is Cn1ccc2ccc(NC(=O)C3CCN(C(=O)C=Cc4ccccc4)CC3)cc21. The summed E-state index contributed by atoms with van der Waals surface area (Å²) in [5, 5.41) is 4.20. The topological polar surface area (TPSA) is 54.3 Å². The molecule has 2 amide bonds. The highest BCUT2D eigenvalue weighted by Crippen LogP contribution is 2.23. The zero-order chi connectivity index (χ0) is 20.2. The Hall–Kier alpha value is -3.34. The lowest BCUT2D eigenvalue weighted by Crippen LogP contribution is -2.40. The second-order valence-electron chi connectivity index (χ2n) is 7.53. The molecule has 0 bridgehead atoms. The Morgan fingerprint density at radius 3 is 2.55 bits per heavy atom. The van der Waals surface area contributed by atoms with Gasteiger partial charge in [0.25, 0.3) is 0 Å². The number of likely N-dealkylation sites (tertiary alicyclic amines) is 1. The van der Waals surface area contributed by atoms with Crippen molar-refractivity contribution in [1.82, 2.24) is 9.47 Å². The van der Waals surface area contributed by atoms with Crippen LogP contribution in [0.2, 0.25) is 0 Å². The molecule has 5 heteroatoms. The number of hydrogen-bond donors (Lipinski definition) is 1. The number of benzene rings is 2. The molecule has 3 aromatic rings. The van der Waals surface area contributed by atoms with Gasteiger partial charge in [0.15, 0.2) is 0 Å². The minimum Gasteiger partial charge on any atom is -0.350 e. The average molecular weight is 387 g/mol. The van der Waals surface area contributed by atoms with E-state index in [0.717, 1.165) is 22.2 Å². The smallest absolute Gasteiger partial charge is 0.246 e. The Balaban J connectivity index is 1.31. The highest BCUT2D eigenvalue weighted by molar-refractivity contribution is 5.96. The molecule has 0 spiro atoms. The summed E-state index contributed by atoms with van der Waals surface area (Å²) in [6, 6.07) is 17.8. The zero-order valence-electron chi connectivity index (χ0n) is 16.5. The summed E-state index contributed by atoms with van der Waals surface area (Å²) >= 11 is 0. The Bertz CT molecular complexity index is 1040. The molecular weight excluding hydrogens is 362 g/mol. The fourth-order valence-corrected chi connectivity index (χ4v) is 3.78. The number of fused-ring (bicyclic) bond motifs is 1. The molecule has 2 heterocycles. The molecular formula is C24H25N3O2. The highest BCUT2D eigenvalue weighted by Gasteiger charge is 2.26. The Morgan fingerprint density at radius 2 is 1.79 bits per heavy atom. The zero-order valence-corrected chi connectivity index (χ0v) is 16.5. The van der Waals surface area contributed by atoms with Crippen LogP contribution in [0.1, 0.15) is 18.4 Å². The van der Waals surface area contributed by atoms with Crippen LogP contribution in [0.3, 0.4) is 0 Å². The highest BCUT2D eigenvalue weighted by atomic mass is 16.2. The van der Waals surface area contributed by atoms with E-state index in [-0.39, 0.29) is 17.7 Å². The van der Waals surface area contributed by atoms with Crippen LogP contribution in [0, 0.1) is 5.92 Å². The lowest BCUT2D eigenvalue weighted by molar-refractivity contribution is -0.130. The Morgan fingerprint density at radius 1 is 1.03 bits per heavy atom. The lowest BCUT2D eigenvalue weighted by atomic mass is 9.95. The van der Waals surface area contributed by atoms with Crippen LogP contribution in [0.25, 0.3) is 17.0 Å². The molecule has 1 aliphatic rings. The number of carbonyl (C=O) groups excluding carboxylic acids is 2. The van der Waals surface area contributed by atoms with Crippen molar-refractivity contribution in [3.05, 3.63) is 72.4 Å². The summed E-state index contributed by atoms with van der Waals surface area (Å²) in [5.41, 5.74) is 2.91. The van der Waals surface area contributed by atoms with Gasteiger partial charge in [-0.05, 0) is 48.1 Å². The summed E-state index contributed by atoms with van der Waals surface area (Å²) in [6.07, 6.45) is 6.83. The normalized spacial score (nSPS) is 15.1. The number of amides is 2. The Labute approximate surface area is 170 Å². The summed E-state index contributed by atoms with van der Waals surface area (Å²) in [5.74, 6) is -0.0337. The molecule has 1 aromatic heterocycles. The molecule has 148 valence electrons. The van der Waals surface area contributed by atoms with E-state index >= 15 is 0 Å². The number of hydrogen-bond acceptors (Lipinski definition) is 2. The molecule has 29 heavy (non-hydrogen) atoms. The standard InChI is InChI=1S/C24H25N3O2/c1-26-14-11-19-8-9-21(17-22(19)26)25-24(29)20-12-15-27(16-13-20)23(28)10-7-18-5-3-2-4-6-18/h2-11,14,17,20H,12-13,15-16H2,1H3,(H,25,29). The van der Waals surface area contributed by atoms with Crippen LogP contribution < -0.4 is 5.32 Å². The van der Waals surface area contributed by atoms with E-state index in [4.69, 9.17) is 0 Å². The third kappa shape index (κ3) is 4.40. The summed E-state index contributed by atoms with van der Waals surface area (Å²) in [7, 11) is 1.99. The van der Waals surface area contributed by atoms with E-state index in [1.165, 1.54) is 0 Å². The number of piperidine rings is 1. The van der Waals surface area contributed by atoms with Gasteiger partial charge in [0.05, 0.1) is 0 Å². The van der Waals surface area contributed by atoms with Crippen molar-refractivity contribution in [2.24, 2.45) is 13.0 Å². The van der Waals surface area contributed by atoms with E-state index in [9.17, 15) is 9.59 Å². The van der Waals surface area contributed by atoms with Gasteiger partial charge in [-0.1, -0.05) is 36.4 Å². The number of aryl methyl sites for hydroxylation is 1. The molecule has 1 aliphatic heterocycles. The second kappa shape index (κ2) is 8.35. The third-order valence-electron chi connectivity index (χ3n) is 5.55. The minimum atomic E-state index is -0.0683. The van der Waals surface area contributed by atoms with Crippen molar-refractivity contribution in [1.29, 1.82) is 0 Å². The first-order valence-corrected chi connectivity index (χ1v) is 9.98. The lowest BCUT2D eigenvalue weighted by Gasteiger charge is -2.30. The van der Waals surface area contributed by atoms with Gasteiger partial charge < -0.3 is 14.8 Å². The van der Waals surface area contributed by atoms with E-state index in [1.54, 1.807) is 6.08 Å². The fourth-order valence-electron chi connectivity index (χ4n) is 3.78. The number of nitrogens with one attached hydrogen (secondary N) is 1. The molecule has 5 nitrogen and oxygen atoms in total. The van der Waals surface area contributed by atoms with Gasteiger partial charge in [0.1, 0.15) is 0 Å². The summed E-state index contributed by atoms with van der Waals surface area (Å²) < 4.78 is 2.04. The van der Waals surface area contributed by atoms with Crippen LogP contribution in [-0.4, -0.2) is 34.4 Å². The average Bonchev–Trinajstić information content (AvgIpc) is 3.13.